The van der Waals surface area contributed by atoms with E-state index in [1.165, 1.54) is 51.8 Å². The highest BCUT2D eigenvalue weighted by molar-refractivity contribution is 7.12. The second kappa shape index (κ2) is 11.1. The topological polar surface area (TPSA) is 79.1 Å². The van der Waals surface area contributed by atoms with E-state index < -0.39 is 0 Å². The molecule has 0 radical (unpaired) electrons. The Hall–Kier alpha value is -1.47. The second-order valence-electron chi connectivity index (χ2n) is 7.29. The van der Waals surface area contributed by atoms with Crippen LogP contribution >= 0.6 is 36.2 Å². The fraction of sp³-hybridized carbons (Fsp3) is 0.318. The van der Waals surface area contributed by atoms with E-state index in [-0.39, 0.29) is 35.8 Å². The molecule has 1 fully saturated rings. The van der Waals surface area contributed by atoms with Crippen molar-refractivity contribution in [1.82, 2.24) is 9.88 Å². The minimum Gasteiger partial charge on any atom is -0.412 e. The van der Waals surface area contributed by atoms with E-state index in [1.54, 1.807) is 0 Å². The number of hydrogen-bond donors (Lipinski definition) is 0. The van der Waals surface area contributed by atoms with Gasteiger partial charge in [-0.1, -0.05) is 54.6 Å². The van der Waals surface area contributed by atoms with Gasteiger partial charge >= 0.3 is 0 Å². The third-order valence-electron chi connectivity index (χ3n) is 5.45. The number of halogens is 2. The Labute approximate surface area is 188 Å². The zero-order valence-corrected chi connectivity index (χ0v) is 18.6. The molecular weight excluding hydrogens is 427 g/mol. The summed E-state index contributed by atoms with van der Waals surface area (Å²) in [6, 6.07) is 19.6. The molecule has 7 heteroatoms. The van der Waals surface area contributed by atoms with Crippen molar-refractivity contribution in [2.75, 3.05) is 13.1 Å². The lowest BCUT2D eigenvalue weighted by Crippen LogP contribution is -2.20. The maximum Gasteiger partial charge on any atom is 0.0938 e. The predicted octanol–water partition coefficient (Wildman–Crippen LogP) is 3.97. The summed E-state index contributed by atoms with van der Waals surface area (Å²) in [4.78, 5) is 9.07. The Balaban J connectivity index is 0.00000105. The third kappa shape index (κ3) is 5.37. The zero-order chi connectivity index (χ0) is 16.6. The maximum atomic E-state index is 5.00. The Kier molecular flexibility index (Phi) is 9.76. The average Bonchev–Trinajstić information content (AvgIpc) is 3.31. The van der Waals surface area contributed by atoms with Gasteiger partial charge in [0, 0.05) is 36.4 Å². The monoisotopic (exact) mass is 454 g/mol. The van der Waals surface area contributed by atoms with Crippen molar-refractivity contribution in [2.24, 2.45) is 5.92 Å². The number of hydrogen-bond acceptors (Lipinski definition) is 3. The van der Waals surface area contributed by atoms with Crippen LogP contribution in [-0.4, -0.2) is 33.9 Å². The van der Waals surface area contributed by atoms with Crippen molar-refractivity contribution in [3.05, 3.63) is 75.6 Å². The van der Waals surface area contributed by atoms with Crippen LogP contribution < -0.4 is 0 Å². The van der Waals surface area contributed by atoms with Crippen molar-refractivity contribution >= 4 is 36.2 Å². The van der Waals surface area contributed by atoms with Gasteiger partial charge in [0.1, 0.15) is 0 Å². The van der Waals surface area contributed by atoms with E-state index in [2.05, 4.69) is 59.5 Å². The van der Waals surface area contributed by atoms with E-state index in [0.717, 1.165) is 25.3 Å². The predicted molar refractivity (Wildman–Crippen MR) is 126 cm³/mol. The van der Waals surface area contributed by atoms with Crippen molar-refractivity contribution in [3.63, 3.8) is 0 Å². The first kappa shape index (κ1) is 25.6. The standard InChI is InChI=1S/C22H22N2S.2ClH.2H2O/c1-2-6-16(7-3-1)14-24-11-10-17(15-24)12-21-23-22-19-9-5-4-8-18(19)13-20(22)25-21;;;;/h1-9,17H,10-15H2;2*1H;2*1H2. The van der Waals surface area contributed by atoms with Gasteiger partial charge in [-0.3, -0.25) is 4.90 Å². The molecule has 1 unspecified atom stereocenters. The van der Waals surface area contributed by atoms with Crippen molar-refractivity contribution in [1.29, 1.82) is 0 Å². The summed E-state index contributed by atoms with van der Waals surface area (Å²) in [5.41, 5.74) is 5.48. The first-order valence-corrected chi connectivity index (χ1v) is 10.00. The number of nitrogens with zero attached hydrogens (tertiary/aromatic N) is 2. The molecule has 1 aliphatic carbocycles. The van der Waals surface area contributed by atoms with Gasteiger partial charge in [-0.15, -0.1) is 36.2 Å². The average molecular weight is 455 g/mol. The van der Waals surface area contributed by atoms with Gasteiger partial charge < -0.3 is 11.0 Å². The summed E-state index contributed by atoms with van der Waals surface area (Å²) in [6.45, 7) is 3.50. The molecule has 5 rings (SSSR count). The van der Waals surface area contributed by atoms with Crippen LogP contribution in [-0.2, 0) is 19.4 Å². The molecule has 0 saturated carbocycles. The van der Waals surface area contributed by atoms with Gasteiger partial charge in [-0.2, -0.15) is 0 Å². The summed E-state index contributed by atoms with van der Waals surface area (Å²) in [6.07, 6.45) is 3.52. The van der Waals surface area contributed by atoms with E-state index in [4.69, 9.17) is 4.98 Å². The van der Waals surface area contributed by atoms with Crippen LogP contribution in [0.2, 0.25) is 0 Å². The fourth-order valence-electron chi connectivity index (χ4n) is 4.21. The molecule has 2 aromatic carbocycles. The molecule has 0 amide bonds. The molecule has 158 valence electrons. The molecule has 4 N–H and O–H groups in total. The Bertz CT molecular complexity index is 905. The minimum absolute atomic E-state index is 0. The quantitative estimate of drug-likeness (QED) is 0.467. The van der Waals surface area contributed by atoms with Crippen molar-refractivity contribution in [2.45, 2.75) is 25.8 Å². The zero-order valence-electron chi connectivity index (χ0n) is 16.1. The SMILES string of the molecule is Cl.Cl.O.O.c1ccc(CN2CCC(Cc3nc4c(s3)Cc3ccccc3-4)C2)cc1. The summed E-state index contributed by atoms with van der Waals surface area (Å²) < 4.78 is 0. The molecular formula is C22H28Cl2N2O2S. The van der Waals surface area contributed by atoms with Crippen molar-refractivity contribution < 1.29 is 11.0 Å². The van der Waals surface area contributed by atoms with Crippen LogP contribution in [0.15, 0.2) is 54.6 Å². The smallest absolute Gasteiger partial charge is 0.0938 e. The van der Waals surface area contributed by atoms with Crippen LogP contribution in [0.4, 0.5) is 0 Å². The van der Waals surface area contributed by atoms with Crippen LogP contribution in [0.1, 0.15) is 27.4 Å². The number of benzene rings is 2. The molecule has 1 aliphatic heterocycles. The highest BCUT2D eigenvalue weighted by Crippen LogP contribution is 2.40. The molecule has 4 nitrogen and oxygen atoms in total. The summed E-state index contributed by atoms with van der Waals surface area (Å²) in [5.74, 6) is 0.755. The lowest BCUT2D eigenvalue weighted by Gasteiger charge is -2.15. The number of thiazole rings is 1. The van der Waals surface area contributed by atoms with Gasteiger partial charge in [-0.25, -0.2) is 4.98 Å². The maximum absolute atomic E-state index is 5.00. The van der Waals surface area contributed by atoms with Crippen LogP contribution in [0.3, 0.4) is 0 Å². The largest absolute Gasteiger partial charge is 0.412 e. The highest BCUT2D eigenvalue weighted by Gasteiger charge is 2.27. The number of rotatable bonds is 4. The van der Waals surface area contributed by atoms with Gasteiger partial charge in [0.05, 0.1) is 10.7 Å². The first-order chi connectivity index (χ1) is 12.3. The summed E-state index contributed by atoms with van der Waals surface area (Å²) >= 11 is 1.94. The Morgan fingerprint density at radius 1 is 0.966 bits per heavy atom. The van der Waals surface area contributed by atoms with Crippen LogP contribution in [0.5, 0.6) is 0 Å². The summed E-state index contributed by atoms with van der Waals surface area (Å²) in [7, 11) is 0. The molecule has 2 aliphatic rings. The number of likely N-dealkylation sites (tertiary alicyclic amines) is 1. The molecule has 0 bridgehead atoms. The molecule has 2 heterocycles. The van der Waals surface area contributed by atoms with Gasteiger partial charge in [0.15, 0.2) is 0 Å². The number of aromatic nitrogens is 1. The van der Waals surface area contributed by atoms with Crippen LogP contribution in [0.25, 0.3) is 11.3 Å². The Morgan fingerprint density at radius 2 is 1.69 bits per heavy atom. The molecule has 1 aromatic heterocycles. The van der Waals surface area contributed by atoms with Crippen LogP contribution in [0, 0.1) is 5.92 Å². The van der Waals surface area contributed by atoms with E-state index in [9.17, 15) is 0 Å². The normalized spacial score (nSPS) is 16.5. The highest BCUT2D eigenvalue weighted by atomic mass is 35.5. The minimum atomic E-state index is 0. The van der Waals surface area contributed by atoms with Gasteiger partial charge in [0.25, 0.3) is 0 Å². The number of fused-ring (bicyclic) bond motifs is 3. The molecule has 0 spiro atoms. The van der Waals surface area contributed by atoms with Gasteiger partial charge in [0.2, 0.25) is 0 Å². The molecule has 29 heavy (non-hydrogen) atoms. The van der Waals surface area contributed by atoms with E-state index >= 15 is 0 Å². The van der Waals surface area contributed by atoms with E-state index in [1.807, 2.05) is 11.3 Å². The van der Waals surface area contributed by atoms with Crippen molar-refractivity contribution in [3.8, 4) is 11.3 Å². The summed E-state index contributed by atoms with van der Waals surface area (Å²) in [5, 5.41) is 1.34. The lowest BCUT2D eigenvalue weighted by atomic mass is 10.1. The third-order valence-corrected chi connectivity index (χ3v) is 6.53. The molecule has 1 saturated heterocycles. The fourth-order valence-corrected chi connectivity index (χ4v) is 5.43. The second-order valence-corrected chi connectivity index (χ2v) is 8.46. The Morgan fingerprint density at radius 3 is 2.48 bits per heavy atom. The van der Waals surface area contributed by atoms with Gasteiger partial charge in [-0.05, 0) is 30.0 Å². The first-order valence-electron chi connectivity index (χ1n) is 9.18. The molecule has 3 aromatic rings. The van der Waals surface area contributed by atoms with E-state index in [0.29, 0.717) is 0 Å². The molecule has 1 atom stereocenters. The lowest BCUT2D eigenvalue weighted by molar-refractivity contribution is 0.316.